The monoisotopic (exact) mass is 512 g/mol. The van der Waals surface area contributed by atoms with E-state index in [1.165, 1.54) is 23.1 Å². The minimum atomic E-state index is -0.110. The van der Waals surface area contributed by atoms with E-state index in [2.05, 4.69) is 20.2 Å². The van der Waals surface area contributed by atoms with Crippen molar-refractivity contribution in [1.82, 2.24) is 20.2 Å². The van der Waals surface area contributed by atoms with Crippen LogP contribution >= 0.6 is 23.1 Å². The third kappa shape index (κ3) is 5.50. The summed E-state index contributed by atoms with van der Waals surface area (Å²) in [4.78, 5) is 38.4. The molecule has 0 radical (unpaired) electrons. The number of hydrogen-bond donors (Lipinski definition) is 1. The van der Waals surface area contributed by atoms with Gasteiger partial charge in [0, 0.05) is 30.6 Å². The summed E-state index contributed by atoms with van der Waals surface area (Å²) in [6, 6.07) is 9.63. The SMILES string of the molecule is COc1ccc2nc(C)nc(SCC(=O)c3ccc(C(=O)N[C@H]4CCN5CCOC[C@H]5C4)s3)c2c1. The number of ether oxygens (including phenoxy) is 2. The van der Waals surface area contributed by atoms with Crippen molar-refractivity contribution in [3.8, 4) is 5.75 Å². The van der Waals surface area contributed by atoms with Crippen LogP contribution in [-0.4, -0.2) is 77.8 Å². The van der Waals surface area contributed by atoms with Crippen molar-refractivity contribution in [1.29, 1.82) is 0 Å². The van der Waals surface area contributed by atoms with E-state index in [1.807, 2.05) is 25.1 Å². The van der Waals surface area contributed by atoms with Crippen LogP contribution in [0.25, 0.3) is 10.9 Å². The van der Waals surface area contributed by atoms with Crippen LogP contribution in [0.1, 0.15) is 38.0 Å². The molecule has 35 heavy (non-hydrogen) atoms. The van der Waals surface area contributed by atoms with E-state index < -0.39 is 0 Å². The second-order valence-corrected chi connectivity index (χ2v) is 10.8. The number of piperidine rings is 1. The third-order valence-electron chi connectivity index (χ3n) is 6.43. The number of rotatable bonds is 7. The van der Waals surface area contributed by atoms with Crippen LogP contribution in [0.4, 0.5) is 0 Å². The Kier molecular flexibility index (Phi) is 7.33. The molecule has 2 aromatic heterocycles. The predicted octanol–water partition coefficient (Wildman–Crippen LogP) is 3.58. The van der Waals surface area contributed by atoms with Crippen molar-refractivity contribution in [3.05, 3.63) is 45.9 Å². The van der Waals surface area contributed by atoms with Crippen LogP contribution in [-0.2, 0) is 4.74 Å². The van der Waals surface area contributed by atoms with Gasteiger partial charge in [-0.1, -0.05) is 11.8 Å². The predicted molar refractivity (Wildman–Crippen MR) is 137 cm³/mol. The number of Topliss-reactive ketones (excluding diaryl/α,β-unsaturated/α-hetero) is 1. The van der Waals surface area contributed by atoms with Gasteiger partial charge < -0.3 is 14.8 Å². The third-order valence-corrected chi connectivity index (χ3v) is 8.55. The Hall–Kier alpha value is -2.53. The van der Waals surface area contributed by atoms with Gasteiger partial charge in [0.2, 0.25) is 0 Å². The first-order valence-electron chi connectivity index (χ1n) is 11.7. The topological polar surface area (TPSA) is 93.7 Å². The lowest BCUT2D eigenvalue weighted by Crippen LogP contribution is -2.54. The van der Waals surface area contributed by atoms with Crippen molar-refractivity contribution in [2.75, 3.05) is 39.2 Å². The van der Waals surface area contributed by atoms with E-state index >= 15 is 0 Å². The lowest BCUT2D eigenvalue weighted by Gasteiger charge is -2.42. The maximum Gasteiger partial charge on any atom is 0.261 e. The summed E-state index contributed by atoms with van der Waals surface area (Å²) >= 11 is 2.62. The standard InChI is InChI=1S/C25H28N4O4S2/c1-15-26-20-4-3-18(32-2)12-19(20)25(27-15)34-14-21(30)22-5-6-23(35-22)24(31)28-16-7-8-29-9-10-33-13-17(29)11-16/h3-6,12,16-17H,7-11,13-14H2,1-2H3,(H,28,31)/t16-,17+/m0/s1. The van der Waals surface area contributed by atoms with Gasteiger partial charge in [0.25, 0.3) is 5.91 Å². The molecule has 2 fully saturated rings. The van der Waals surface area contributed by atoms with Gasteiger partial charge in [-0.05, 0) is 50.1 Å². The molecule has 8 nitrogen and oxygen atoms in total. The van der Waals surface area contributed by atoms with E-state index in [1.54, 1.807) is 19.2 Å². The Morgan fingerprint density at radius 3 is 2.94 bits per heavy atom. The molecule has 4 heterocycles. The number of benzene rings is 1. The number of carbonyl (C=O) groups excluding carboxylic acids is 2. The summed E-state index contributed by atoms with van der Waals surface area (Å²) in [6.45, 7) is 5.31. The first-order valence-corrected chi connectivity index (χ1v) is 13.5. The molecule has 5 rings (SSSR count). The molecule has 0 bridgehead atoms. The Bertz CT molecular complexity index is 1250. The number of methoxy groups -OCH3 is 1. The molecule has 2 atom stereocenters. The van der Waals surface area contributed by atoms with Gasteiger partial charge in [0.1, 0.15) is 16.6 Å². The number of thiophene rings is 1. The summed E-state index contributed by atoms with van der Waals surface area (Å²) in [7, 11) is 1.62. The van der Waals surface area contributed by atoms with Crippen molar-refractivity contribution < 1.29 is 19.1 Å². The molecule has 2 aliphatic rings. The molecule has 3 aromatic rings. The van der Waals surface area contributed by atoms with E-state index in [4.69, 9.17) is 9.47 Å². The number of hydrogen-bond acceptors (Lipinski definition) is 9. The van der Waals surface area contributed by atoms with Crippen LogP contribution in [0, 0.1) is 6.92 Å². The maximum absolute atomic E-state index is 12.9. The highest BCUT2D eigenvalue weighted by atomic mass is 32.2. The second kappa shape index (κ2) is 10.6. The molecule has 0 saturated carbocycles. The first kappa shape index (κ1) is 24.2. The minimum Gasteiger partial charge on any atom is -0.497 e. The van der Waals surface area contributed by atoms with Gasteiger partial charge in [-0.25, -0.2) is 9.97 Å². The highest BCUT2D eigenvalue weighted by Gasteiger charge is 2.31. The molecular weight excluding hydrogens is 484 g/mol. The lowest BCUT2D eigenvalue weighted by atomic mass is 9.96. The smallest absolute Gasteiger partial charge is 0.261 e. The normalized spacial score (nSPS) is 20.4. The molecule has 1 N–H and O–H groups in total. The number of aryl methyl sites for hydroxylation is 1. The second-order valence-electron chi connectivity index (χ2n) is 8.79. The van der Waals surface area contributed by atoms with Gasteiger partial charge in [-0.3, -0.25) is 14.5 Å². The molecular formula is C25H28N4O4S2. The number of nitrogens with zero attached hydrogens (tertiary/aromatic N) is 3. The Labute approximate surface area is 212 Å². The van der Waals surface area contributed by atoms with Crippen LogP contribution < -0.4 is 10.1 Å². The van der Waals surface area contributed by atoms with E-state index in [0.717, 1.165) is 55.1 Å². The maximum atomic E-state index is 12.9. The molecule has 0 spiro atoms. The number of morpholine rings is 1. The van der Waals surface area contributed by atoms with Crippen molar-refractivity contribution >= 4 is 45.7 Å². The Morgan fingerprint density at radius 1 is 1.23 bits per heavy atom. The number of ketones is 1. The number of aromatic nitrogens is 2. The zero-order chi connectivity index (χ0) is 24.4. The quantitative estimate of drug-likeness (QED) is 0.292. The molecule has 2 saturated heterocycles. The number of nitrogens with one attached hydrogen (secondary N) is 1. The average Bonchev–Trinajstić information content (AvgIpc) is 3.37. The minimum absolute atomic E-state index is 0.0287. The van der Waals surface area contributed by atoms with Gasteiger partial charge in [0.05, 0.1) is 41.3 Å². The molecule has 2 aliphatic heterocycles. The van der Waals surface area contributed by atoms with Crippen LogP contribution in [0.2, 0.25) is 0 Å². The van der Waals surface area contributed by atoms with Gasteiger partial charge >= 0.3 is 0 Å². The molecule has 0 aliphatic carbocycles. The van der Waals surface area contributed by atoms with Crippen LogP contribution in [0.15, 0.2) is 35.4 Å². The average molecular weight is 513 g/mol. The summed E-state index contributed by atoms with van der Waals surface area (Å²) < 4.78 is 10.9. The van der Waals surface area contributed by atoms with E-state index in [0.29, 0.717) is 27.4 Å². The number of carbonyl (C=O) groups is 2. The van der Waals surface area contributed by atoms with Gasteiger partial charge in [-0.2, -0.15) is 0 Å². The zero-order valence-electron chi connectivity index (χ0n) is 19.8. The fourth-order valence-electron chi connectivity index (χ4n) is 4.60. The summed E-state index contributed by atoms with van der Waals surface area (Å²) in [5, 5.41) is 4.76. The fraction of sp³-hybridized carbons (Fsp3) is 0.440. The molecule has 184 valence electrons. The highest BCUT2D eigenvalue weighted by Crippen LogP contribution is 2.30. The van der Waals surface area contributed by atoms with Crippen molar-refractivity contribution in [2.24, 2.45) is 0 Å². The highest BCUT2D eigenvalue weighted by molar-refractivity contribution is 8.00. The zero-order valence-corrected chi connectivity index (χ0v) is 21.4. The van der Waals surface area contributed by atoms with Crippen LogP contribution in [0.5, 0.6) is 5.75 Å². The molecule has 10 heteroatoms. The Balaban J connectivity index is 1.21. The largest absolute Gasteiger partial charge is 0.497 e. The van der Waals surface area contributed by atoms with Crippen molar-refractivity contribution in [2.45, 2.75) is 36.9 Å². The van der Waals surface area contributed by atoms with E-state index in [-0.39, 0.29) is 23.5 Å². The molecule has 0 unspecified atom stereocenters. The van der Waals surface area contributed by atoms with Crippen molar-refractivity contribution in [3.63, 3.8) is 0 Å². The summed E-state index contributed by atoms with van der Waals surface area (Å²) in [5.74, 6) is 1.46. The van der Waals surface area contributed by atoms with Crippen LogP contribution in [0.3, 0.4) is 0 Å². The number of amides is 1. The Morgan fingerprint density at radius 2 is 2.09 bits per heavy atom. The van der Waals surface area contributed by atoms with Gasteiger partial charge in [-0.15, -0.1) is 11.3 Å². The fourth-order valence-corrected chi connectivity index (χ4v) is 6.48. The number of fused-ring (bicyclic) bond motifs is 2. The van der Waals surface area contributed by atoms with Gasteiger partial charge in [0.15, 0.2) is 5.78 Å². The molecule has 1 aromatic carbocycles. The first-order chi connectivity index (χ1) is 17.0. The lowest BCUT2D eigenvalue weighted by molar-refractivity contribution is -0.0292. The van der Waals surface area contributed by atoms with E-state index in [9.17, 15) is 9.59 Å². The summed E-state index contributed by atoms with van der Waals surface area (Å²) in [5.41, 5.74) is 0.814. The molecule has 1 amide bonds. The summed E-state index contributed by atoms with van der Waals surface area (Å²) in [6.07, 6.45) is 1.84. The number of thioether (sulfide) groups is 1.